The fourth-order valence-corrected chi connectivity index (χ4v) is 2.93. The van der Waals surface area contributed by atoms with E-state index in [1.807, 2.05) is 24.3 Å². The van der Waals surface area contributed by atoms with E-state index >= 15 is 0 Å². The summed E-state index contributed by atoms with van der Waals surface area (Å²) in [6.07, 6.45) is 3.81. The molecule has 110 valence electrons. The standard InChI is InChI=1S/C15H12ClN5O/c16-12-4-2-1-3-9(12)10-7-11(10)14(22)20-13-5-6-17-15-18-8-19-21(13)15/h1-6,8,10-11H,7H2,(H,20,22). The first-order valence-electron chi connectivity index (χ1n) is 6.94. The molecule has 1 aliphatic rings. The number of halogens is 1. The van der Waals surface area contributed by atoms with Gasteiger partial charge in [-0.2, -0.15) is 14.6 Å². The summed E-state index contributed by atoms with van der Waals surface area (Å²) in [5, 5.41) is 7.65. The van der Waals surface area contributed by atoms with Crippen LogP contribution in [-0.2, 0) is 4.79 Å². The van der Waals surface area contributed by atoms with Gasteiger partial charge in [-0.1, -0.05) is 29.8 Å². The van der Waals surface area contributed by atoms with E-state index in [0.717, 1.165) is 12.0 Å². The molecule has 0 bridgehead atoms. The van der Waals surface area contributed by atoms with Crippen molar-refractivity contribution in [1.82, 2.24) is 19.6 Å². The summed E-state index contributed by atoms with van der Waals surface area (Å²) in [7, 11) is 0. The van der Waals surface area contributed by atoms with Gasteiger partial charge in [-0.25, -0.2) is 4.98 Å². The molecule has 4 rings (SSSR count). The third kappa shape index (κ3) is 2.21. The molecule has 2 unspecified atom stereocenters. The van der Waals surface area contributed by atoms with E-state index in [1.165, 1.54) is 10.8 Å². The fraction of sp³-hybridized carbons (Fsp3) is 0.200. The van der Waals surface area contributed by atoms with Crippen LogP contribution in [-0.4, -0.2) is 25.5 Å². The van der Waals surface area contributed by atoms with E-state index in [1.54, 1.807) is 12.3 Å². The summed E-state index contributed by atoms with van der Waals surface area (Å²) in [5.74, 6) is 1.11. The van der Waals surface area contributed by atoms with Crippen LogP contribution in [0.4, 0.5) is 5.82 Å². The highest BCUT2D eigenvalue weighted by Gasteiger charge is 2.44. The lowest BCUT2D eigenvalue weighted by Crippen LogP contribution is -2.17. The van der Waals surface area contributed by atoms with Crippen LogP contribution in [0.3, 0.4) is 0 Å². The Bertz CT molecular complexity index is 862. The molecular weight excluding hydrogens is 302 g/mol. The number of nitrogens with one attached hydrogen (secondary N) is 1. The lowest BCUT2D eigenvalue weighted by molar-refractivity contribution is -0.117. The van der Waals surface area contributed by atoms with Crippen LogP contribution in [0.2, 0.25) is 5.02 Å². The normalized spacial score (nSPS) is 20.0. The number of hydrogen-bond donors (Lipinski definition) is 1. The van der Waals surface area contributed by atoms with Crippen LogP contribution < -0.4 is 5.32 Å². The third-order valence-electron chi connectivity index (χ3n) is 3.86. The first-order chi connectivity index (χ1) is 10.7. The van der Waals surface area contributed by atoms with Gasteiger partial charge in [0, 0.05) is 17.1 Å². The molecular formula is C15H12ClN5O. The third-order valence-corrected chi connectivity index (χ3v) is 4.21. The second kappa shape index (κ2) is 5.06. The van der Waals surface area contributed by atoms with Crippen LogP contribution in [0, 0.1) is 5.92 Å². The van der Waals surface area contributed by atoms with Crippen LogP contribution in [0.5, 0.6) is 0 Å². The Labute approximate surface area is 131 Å². The lowest BCUT2D eigenvalue weighted by Gasteiger charge is -2.06. The molecule has 7 heteroatoms. The lowest BCUT2D eigenvalue weighted by atomic mass is 10.1. The minimum atomic E-state index is -0.0633. The summed E-state index contributed by atoms with van der Waals surface area (Å²) in [5.41, 5.74) is 1.03. The maximum Gasteiger partial charge on any atom is 0.254 e. The largest absolute Gasteiger partial charge is 0.310 e. The molecule has 0 radical (unpaired) electrons. The van der Waals surface area contributed by atoms with E-state index < -0.39 is 0 Å². The number of rotatable bonds is 3. The first-order valence-corrected chi connectivity index (χ1v) is 7.32. The smallest absolute Gasteiger partial charge is 0.254 e. The van der Waals surface area contributed by atoms with Gasteiger partial charge >= 0.3 is 0 Å². The highest BCUT2D eigenvalue weighted by molar-refractivity contribution is 6.31. The Morgan fingerprint density at radius 1 is 1.27 bits per heavy atom. The van der Waals surface area contributed by atoms with Gasteiger partial charge in [0.2, 0.25) is 5.91 Å². The Morgan fingerprint density at radius 2 is 2.14 bits per heavy atom. The van der Waals surface area contributed by atoms with Gasteiger partial charge in [0.1, 0.15) is 12.1 Å². The summed E-state index contributed by atoms with van der Waals surface area (Å²) in [6.45, 7) is 0. The molecule has 0 spiro atoms. The zero-order chi connectivity index (χ0) is 15.1. The fourth-order valence-electron chi connectivity index (χ4n) is 2.66. The number of benzene rings is 1. The number of nitrogens with zero attached hydrogens (tertiary/aromatic N) is 4. The van der Waals surface area contributed by atoms with E-state index in [0.29, 0.717) is 16.6 Å². The topological polar surface area (TPSA) is 72.2 Å². The molecule has 1 N–H and O–H groups in total. The maximum absolute atomic E-state index is 12.4. The second-order valence-electron chi connectivity index (χ2n) is 5.26. The van der Waals surface area contributed by atoms with Crippen molar-refractivity contribution in [2.75, 3.05) is 5.32 Å². The van der Waals surface area contributed by atoms with E-state index in [-0.39, 0.29) is 17.7 Å². The number of carbonyl (C=O) groups excluding carboxylic acids is 1. The van der Waals surface area contributed by atoms with Crippen molar-refractivity contribution in [3.05, 3.63) is 53.4 Å². The van der Waals surface area contributed by atoms with Crippen molar-refractivity contribution < 1.29 is 4.79 Å². The summed E-state index contributed by atoms with van der Waals surface area (Å²) in [4.78, 5) is 20.5. The van der Waals surface area contributed by atoms with Gasteiger partial charge in [0.05, 0.1) is 0 Å². The van der Waals surface area contributed by atoms with E-state index in [4.69, 9.17) is 11.6 Å². The molecule has 1 saturated carbocycles. The minimum absolute atomic E-state index is 0.0343. The minimum Gasteiger partial charge on any atom is -0.310 e. The van der Waals surface area contributed by atoms with Crippen molar-refractivity contribution in [2.45, 2.75) is 12.3 Å². The molecule has 2 atom stereocenters. The van der Waals surface area contributed by atoms with Gasteiger partial charge in [-0.05, 0) is 30.0 Å². The zero-order valence-corrected chi connectivity index (χ0v) is 12.2. The van der Waals surface area contributed by atoms with Gasteiger partial charge in [0.25, 0.3) is 5.78 Å². The zero-order valence-electron chi connectivity index (χ0n) is 11.5. The number of anilines is 1. The van der Waals surface area contributed by atoms with Gasteiger partial charge in [0.15, 0.2) is 0 Å². The number of hydrogen-bond acceptors (Lipinski definition) is 4. The molecule has 0 aliphatic heterocycles. The average Bonchev–Trinajstić information content (AvgIpc) is 3.16. The maximum atomic E-state index is 12.4. The Balaban J connectivity index is 1.53. The second-order valence-corrected chi connectivity index (χ2v) is 5.67. The summed E-state index contributed by atoms with van der Waals surface area (Å²) >= 11 is 6.19. The molecule has 1 aliphatic carbocycles. The SMILES string of the molecule is O=C(Nc1ccnc2ncnn12)C1CC1c1ccccc1Cl. The predicted molar refractivity (Wildman–Crippen MR) is 81.7 cm³/mol. The van der Waals surface area contributed by atoms with Gasteiger partial charge < -0.3 is 5.32 Å². The van der Waals surface area contributed by atoms with Crippen molar-refractivity contribution in [2.24, 2.45) is 5.92 Å². The predicted octanol–water partition coefficient (Wildman–Crippen LogP) is 2.52. The highest BCUT2D eigenvalue weighted by atomic mass is 35.5. The molecule has 6 nitrogen and oxygen atoms in total. The molecule has 22 heavy (non-hydrogen) atoms. The van der Waals surface area contributed by atoms with Crippen LogP contribution in [0.15, 0.2) is 42.9 Å². The molecule has 1 aromatic carbocycles. The molecule has 2 aromatic heterocycles. The average molecular weight is 314 g/mol. The van der Waals surface area contributed by atoms with Crippen molar-refractivity contribution in [3.8, 4) is 0 Å². The van der Waals surface area contributed by atoms with Crippen molar-refractivity contribution in [3.63, 3.8) is 0 Å². The number of fused-ring (bicyclic) bond motifs is 1. The Hall–Kier alpha value is -2.47. The van der Waals surface area contributed by atoms with Crippen LogP contribution in [0.1, 0.15) is 17.9 Å². The van der Waals surface area contributed by atoms with Gasteiger partial charge in [-0.15, -0.1) is 0 Å². The Kier molecular flexibility index (Phi) is 3.04. The quantitative estimate of drug-likeness (QED) is 0.806. The molecule has 1 fully saturated rings. The van der Waals surface area contributed by atoms with Crippen molar-refractivity contribution in [1.29, 1.82) is 0 Å². The molecule has 2 heterocycles. The van der Waals surface area contributed by atoms with Gasteiger partial charge in [-0.3, -0.25) is 4.79 Å². The monoisotopic (exact) mass is 313 g/mol. The Morgan fingerprint density at radius 3 is 3.00 bits per heavy atom. The van der Waals surface area contributed by atoms with Crippen molar-refractivity contribution >= 4 is 29.1 Å². The number of amides is 1. The number of carbonyl (C=O) groups is 1. The number of aromatic nitrogens is 4. The van der Waals surface area contributed by atoms with E-state index in [2.05, 4.69) is 20.4 Å². The molecule has 1 amide bonds. The summed E-state index contributed by atoms with van der Waals surface area (Å²) in [6, 6.07) is 9.36. The first kappa shape index (κ1) is 13.2. The van der Waals surface area contributed by atoms with Crippen LogP contribution >= 0.6 is 11.6 Å². The van der Waals surface area contributed by atoms with E-state index in [9.17, 15) is 4.79 Å². The molecule has 3 aromatic rings. The van der Waals surface area contributed by atoms with Crippen LogP contribution in [0.25, 0.3) is 5.78 Å². The highest BCUT2D eigenvalue weighted by Crippen LogP contribution is 2.49. The molecule has 0 saturated heterocycles. The summed E-state index contributed by atoms with van der Waals surface area (Å²) < 4.78 is 1.50.